The molecule has 2 N–H and O–H groups in total. The van der Waals surface area contributed by atoms with Crippen LogP contribution in [0.15, 0.2) is 42.5 Å². The molecule has 6 heteroatoms. The van der Waals surface area contributed by atoms with Crippen molar-refractivity contribution in [1.82, 2.24) is 0 Å². The highest BCUT2D eigenvalue weighted by Gasteiger charge is 2.29. The third-order valence-electron chi connectivity index (χ3n) is 5.57. The molecule has 1 heterocycles. The lowest BCUT2D eigenvalue weighted by molar-refractivity contribution is -0.113. The minimum atomic E-state index is -0.470. The molecule has 0 amide bonds. The summed E-state index contributed by atoms with van der Waals surface area (Å²) < 4.78 is 17.3. The van der Waals surface area contributed by atoms with Crippen molar-refractivity contribution < 1.29 is 24.4 Å². The maximum absolute atomic E-state index is 10.1. The van der Waals surface area contributed by atoms with E-state index in [1.165, 1.54) is 12.8 Å². The minimum Gasteiger partial charge on any atom is -0.491 e. The second-order valence-corrected chi connectivity index (χ2v) is 8.55. The van der Waals surface area contributed by atoms with Crippen LogP contribution in [-0.4, -0.2) is 48.3 Å². The molecule has 2 aromatic rings. The molecule has 0 aromatic heterocycles. The quantitative estimate of drug-likeness (QED) is 0.585. The average molecular weight is 433 g/mol. The van der Waals surface area contributed by atoms with Crippen molar-refractivity contribution in [3.63, 3.8) is 0 Å². The molecule has 5 nitrogen and oxygen atoms in total. The first kappa shape index (κ1) is 21.6. The molecule has 2 unspecified atom stereocenters. The van der Waals surface area contributed by atoms with Crippen LogP contribution >= 0.6 is 11.6 Å². The number of benzene rings is 2. The van der Waals surface area contributed by atoms with Gasteiger partial charge in [0.2, 0.25) is 0 Å². The second kappa shape index (κ2) is 10.1. The van der Waals surface area contributed by atoms with E-state index in [0.717, 1.165) is 22.4 Å². The van der Waals surface area contributed by atoms with Gasteiger partial charge in [-0.25, -0.2) is 0 Å². The Kier molecular flexibility index (Phi) is 7.28. The van der Waals surface area contributed by atoms with E-state index in [0.29, 0.717) is 43.6 Å². The summed E-state index contributed by atoms with van der Waals surface area (Å²) >= 11 is 6.45. The Morgan fingerprint density at radius 2 is 1.83 bits per heavy atom. The Morgan fingerprint density at radius 3 is 2.57 bits per heavy atom. The molecule has 2 aliphatic rings. The lowest BCUT2D eigenvalue weighted by atomic mass is 9.94. The maximum atomic E-state index is 10.1. The highest BCUT2D eigenvalue weighted by Crippen LogP contribution is 2.34. The molecular formula is C24H29ClO5. The number of rotatable bonds is 9. The zero-order valence-electron chi connectivity index (χ0n) is 17.0. The summed E-state index contributed by atoms with van der Waals surface area (Å²) in [6.45, 7) is 1.10. The van der Waals surface area contributed by atoms with E-state index in [1.807, 2.05) is 42.5 Å². The molecule has 1 aliphatic carbocycles. The molecule has 2 fully saturated rings. The topological polar surface area (TPSA) is 68.2 Å². The van der Waals surface area contributed by atoms with Crippen LogP contribution in [0.3, 0.4) is 0 Å². The summed E-state index contributed by atoms with van der Waals surface area (Å²) in [6, 6.07) is 13.9. The first-order valence-corrected chi connectivity index (χ1v) is 11.0. The monoisotopic (exact) mass is 432 g/mol. The van der Waals surface area contributed by atoms with Crippen molar-refractivity contribution in [3.8, 4) is 5.75 Å². The minimum absolute atomic E-state index is 0.0882. The third kappa shape index (κ3) is 5.96. The van der Waals surface area contributed by atoms with Crippen LogP contribution in [-0.2, 0) is 15.9 Å². The number of hydrogen-bond donors (Lipinski definition) is 2. The van der Waals surface area contributed by atoms with Crippen molar-refractivity contribution in [2.75, 3.05) is 19.8 Å². The number of halogens is 1. The predicted octanol–water partition coefficient (Wildman–Crippen LogP) is 4.06. The van der Waals surface area contributed by atoms with Crippen LogP contribution in [0.2, 0.25) is 5.02 Å². The molecule has 0 spiro atoms. The fraction of sp³-hybridized carbons (Fsp3) is 0.500. The smallest absolute Gasteiger partial charge is 0.119 e. The van der Waals surface area contributed by atoms with Crippen molar-refractivity contribution in [2.45, 2.75) is 56.5 Å². The van der Waals surface area contributed by atoms with Gasteiger partial charge in [-0.15, -0.1) is 0 Å². The van der Waals surface area contributed by atoms with Crippen LogP contribution in [0, 0.1) is 0 Å². The van der Waals surface area contributed by atoms with Crippen LogP contribution in [0.4, 0.5) is 0 Å². The highest BCUT2D eigenvalue weighted by atomic mass is 35.5. The fourth-order valence-electron chi connectivity index (χ4n) is 3.79. The zero-order chi connectivity index (χ0) is 20.9. The van der Waals surface area contributed by atoms with Crippen LogP contribution in [0.1, 0.15) is 48.5 Å². The lowest BCUT2D eigenvalue weighted by Gasteiger charge is -2.32. The zero-order valence-corrected chi connectivity index (χ0v) is 17.8. The van der Waals surface area contributed by atoms with Crippen LogP contribution in [0.25, 0.3) is 0 Å². The number of hydrogen-bond acceptors (Lipinski definition) is 5. The maximum Gasteiger partial charge on any atom is 0.119 e. The summed E-state index contributed by atoms with van der Waals surface area (Å²) in [5.74, 6) is 0.831. The average Bonchev–Trinajstić information content (AvgIpc) is 3.58. The Bertz CT molecular complexity index is 821. The van der Waals surface area contributed by atoms with E-state index in [2.05, 4.69) is 0 Å². The van der Waals surface area contributed by atoms with Gasteiger partial charge in [-0.3, -0.25) is 0 Å². The first-order valence-electron chi connectivity index (χ1n) is 10.7. The van der Waals surface area contributed by atoms with Crippen molar-refractivity contribution in [1.29, 1.82) is 0 Å². The molecule has 30 heavy (non-hydrogen) atoms. The summed E-state index contributed by atoms with van der Waals surface area (Å²) in [5, 5.41) is 20.2. The highest BCUT2D eigenvalue weighted by molar-refractivity contribution is 6.31. The Morgan fingerprint density at radius 1 is 1.03 bits per heavy atom. The van der Waals surface area contributed by atoms with Crippen molar-refractivity contribution >= 4 is 11.6 Å². The van der Waals surface area contributed by atoms with E-state index in [-0.39, 0.29) is 18.8 Å². The third-order valence-corrected chi connectivity index (χ3v) is 5.94. The molecule has 1 saturated heterocycles. The lowest BCUT2D eigenvalue weighted by Crippen LogP contribution is -2.33. The second-order valence-electron chi connectivity index (χ2n) is 8.14. The molecule has 1 saturated carbocycles. The summed E-state index contributed by atoms with van der Waals surface area (Å²) in [4.78, 5) is 0. The van der Waals surface area contributed by atoms with Gasteiger partial charge in [-0.05, 0) is 54.2 Å². The SMILES string of the molecule is OCC1CC(O)C[C@H](c2ccc(Cl)c(Cc3ccc(OCCOC4CC4)cc3)c2)O1. The molecular weight excluding hydrogens is 404 g/mol. The van der Waals surface area contributed by atoms with Gasteiger partial charge in [0.05, 0.1) is 37.6 Å². The van der Waals surface area contributed by atoms with Gasteiger partial charge < -0.3 is 24.4 Å². The molecule has 162 valence electrons. The van der Waals surface area contributed by atoms with Gasteiger partial charge in [0.25, 0.3) is 0 Å². The normalized spacial score (nSPS) is 24.0. The van der Waals surface area contributed by atoms with Gasteiger partial charge in [0.1, 0.15) is 12.4 Å². The molecule has 4 rings (SSSR count). The van der Waals surface area contributed by atoms with Gasteiger partial charge >= 0.3 is 0 Å². The van der Waals surface area contributed by atoms with E-state index in [4.69, 9.17) is 25.8 Å². The predicted molar refractivity (Wildman–Crippen MR) is 115 cm³/mol. The van der Waals surface area contributed by atoms with Gasteiger partial charge in [0.15, 0.2) is 0 Å². The van der Waals surface area contributed by atoms with Gasteiger partial charge in [-0.1, -0.05) is 35.9 Å². The fourth-order valence-corrected chi connectivity index (χ4v) is 3.97. The molecule has 3 atom stereocenters. The van der Waals surface area contributed by atoms with E-state index in [1.54, 1.807) is 0 Å². The Labute approximate surface area is 182 Å². The summed E-state index contributed by atoms with van der Waals surface area (Å²) in [5.41, 5.74) is 3.11. The number of aliphatic hydroxyl groups is 2. The standard InChI is InChI=1S/C24H29ClO5/c25-23-8-3-17(24-14-19(27)13-22(15-26)30-24)12-18(23)11-16-1-4-20(5-2-16)28-9-10-29-21-6-7-21/h1-5,8,12,19,21-22,24,26-27H,6-7,9-11,13-15H2/t19?,22?,24-/m1/s1. The summed E-state index contributed by atoms with van der Waals surface area (Å²) in [6.07, 6.45) is 3.44. The van der Waals surface area contributed by atoms with E-state index in [9.17, 15) is 10.2 Å². The largest absolute Gasteiger partial charge is 0.491 e. The Balaban J connectivity index is 1.37. The molecule has 1 aliphatic heterocycles. The molecule has 0 radical (unpaired) electrons. The van der Waals surface area contributed by atoms with E-state index < -0.39 is 6.10 Å². The number of aliphatic hydroxyl groups excluding tert-OH is 2. The molecule has 0 bridgehead atoms. The van der Waals surface area contributed by atoms with Crippen molar-refractivity contribution in [3.05, 3.63) is 64.2 Å². The van der Waals surface area contributed by atoms with Gasteiger partial charge in [0, 0.05) is 17.9 Å². The van der Waals surface area contributed by atoms with Crippen LogP contribution in [0.5, 0.6) is 5.75 Å². The van der Waals surface area contributed by atoms with E-state index >= 15 is 0 Å². The Hall–Kier alpha value is -1.63. The number of ether oxygens (including phenoxy) is 3. The van der Waals surface area contributed by atoms with Crippen molar-refractivity contribution in [2.24, 2.45) is 0 Å². The molecule has 2 aromatic carbocycles. The summed E-state index contributed by atoms with van der Waals surface area (Å²) in [7, 11) is 0. The van der Waals surface area contributed by atoms with Crippen LogP contribution < -0.4 is 4.74 Å². The van der Waals surface area contributed by atoms with Gasteiger partial charge in [-0.2, -0.15) is 0 Å². The first-order chi connectivity index (χ1) is 14.6.